The molecule has 0 fully saturated rings. The highest BCUT2D eigenvalue weighted by Crippen LogP contribution is 2.19. The van der Waals surface area contributed by atoms with Gasteiger partial charge < -0.3 is 9.47 Å². The molecule has 0 bridgehead atoms. The van der Waals surface area contributed by atoms with Crippen LogP contribution in [0.25, 0.3) is 0 Å². The van der Waals surface area contributed by atoms with E-state index >= 15 is 0 Å². The van der Waals surface area contributed by atoms with Gasteiger partial charge in [0.25, 0.3) is 0 Å². The Balaban J connectivity index is 1.60. The Bertz CT molecular complexity index is 1490. The van der Waals surface area contributed by atoms with Crippen LogP contribution in [0.2, 0.25) is 0 Å². The van der Waals surface area contributed by atoms with Crippen molar-refractivity contribution in [2.75, 3.05) is 27.3 Å². The normalized spacial score (nSPS) is 10.9. The minimum atomic E-state index is -0.923. The minimum absolute atomic E-state index is 0.0104. The van der Waals surface area contributed by atoms with E-state index in [0.717, 1.165) is 22.6 Å². The molecule has 2 amide bonds. The number of pyridine rings is 2. The Morgan fingerprint density at radius 2 is 1.02 bits per heavy atom. The van der Waals surface area contributed by atoms with Gasteiger partial charge in [-0.1, -0.05) is 36.4 Å². The molecule has 12 nitrogen and oxygen atoms in total. The lowest BCUT2D eigenvalue weighted by molar-refractivity contribution is 0.0987. The molecule has 0 saturated heterocycles. The molecule has 2 aromatic carbocycles. The van der Waals surface area contributed by atoms with Crippen molar-refractivity contribution in [3.63, 3.8) is 0 Å². The molecule has 2 aromatic heterocycles. The van der Waals surface area contributed by atoms with E-state index in [9.17, 15) is 19.4 Å². The van der Waals surface area contributed by atoms with Gasteiger partial charge in [-0.2, -0.15) is 0 Å². The second kappa shape index (κ2) is 15.9. The van der Waals surface area contributed by atoms with Crippen molar-refractivity contribution in [2.24, 2.45) is 10.4 Å². The van der Waals surface area contributed by atoms with Crippen molar-refractivity contribution in [2.45, 2.75) is 26.2 Å². The molecule has 4 aromatic rings. The van der Waals surface area contributed by atoms with Gasteiger partial charge >= 0.3 is 11.8 Å². The van der Waals surface area contributed by atoms with Gasteiger partial charge in [-0.3, -0.25) is 19.4 Å². The van der Waals surface area contributed by atoms with E-state index in [1.807, 2.05) is 48.5 Å². The average Bonchev–Trinajstić information content (AvgIpc) is 3.06. The van der Waals surface area contributed by atoms with Crippen LogP contribution in [-0.4, -0.2) is 58.9 Å². The third-order valence-electron chi connectivity index (χ3n) is 6.80. The number of rotatable bonds is 15. The largest absolute Gasteiger partial charge is 0.497 e. The van der Waals surface area contributed by atoms with Crippen LogP contribution < -0.4 is 9.47 Å². The molecule has 0 radical (unpaired) electrons. The SMILES string of the molecule is COc1cccc(CN(CCN(Cc2cccc(OC)c2)Cc2cccc(C(=O)N=O)n2)Cc2cccc(C(=O)N=O)n2)c1. The van der Waals surface area contributed by atoms with Crippen molar-refractivity contribution in [1.82, 2.24) is 19.8 Å². The van der Waals surface area contributed by atoms with Crippen molar-refractivity contribution in [3.8, 4) is 11.5 Å². The number of carbonyl (C=O) groups excluding carboxylic acids is 2. The Hall–Kier alpha value is -5.20. The summed E-state index contributed by atoms with van der Waals surface area (Å²) in [6.07, 6.45) is 0. The molecule has 0 unspecified atom stereocenters. The lowest BCUT2D eigenvalue weighted by Gasteiger charge is -2.28. The van der Waals surface area contributed by atoms with Crippen LogP contribution >= 0.6 is 0 Å². The van der Waals surface area contributed by atoms with Gasteiger partial charge in [-0.15, -0.1) is 9.81 Å². The minimum Gasteiger partial charge on any atom is -0.497 e. The first kappa shape index (κ1) is 31.7. The van der Waals surface area contributed by atoms with E-state index in [1.165, 1.54) is 12.1 Å². The molecule has 44 heavy (non-hydrogen) atoms. The number of carbonyl (C=O) groups is 2. The maximum atomic E-state index is 11.9. The van der Waals surface area contributed by atoms with Crippen LogP contribution in [0.1, 0.15) is 43.5 Å². The molecular formula is C32H32N6O6. The summed E-state index contributed by atoms with van der Waals surface area (Å²) < 4.78 is 10.8. The zero-order valence-corrected chi connectivity index (χ0v) is 24.5. The average molecular weight is 597 g/mol. The molecule has 12 heteroatoms. The van der Waals surface area contributed by atoms with Crippen LogP contribution in [0, 0.1) is 9.81 Å². The molecule has 0 aliphatic carbocycles. The number of amides is 2. The zero-order valence-electron chi connectivity index (χ0n) is 24.5. The third-order valence-corrected chi connectivity index (χ3v) is 6.80. The smallest absolute Gasteiger partial charge is 0.334 e. The van der Waals surface area contributed by atoms with Crippen LogP contribution in [0.5, 0.6) is 11.5 Å². The van der Waals surface area contributed by atoms with Crippen molar-refractivity contribution < 1.29 is 19.1 Å². The molecule has 0 aliphatic heterocycles. The summed E-state index contributed by atoms with van der Waals surface area (Å²) in [5.74, 6) is -0.382. The van der Waals surface area contributed by atoms with Gasteiger partial charge in [0.2, 0.25) is 0 Å². The van der Waals surface area contributed by atoms with Crippen LogP contribution in [0.4, 0.5) is 0 Å². The maximum absolute atomic E-state index is 11.9. The number of nitroso groups, excluding NO2 is 2. The van der Waals surface area contributed by atoms with Crippen molar-refractivity contribution in [1.29, 1.82) is 0 Å². The van der Waals surface area contributed by atoms with Crippen LogP contribution in [0.15, 0.2) is 95.3 Å². The molecule has 0 saturated carbocycles. The predicted molar refractivity (Wildman–Crippen MR) is 163 cm³/mol. The monoisotopic (exact) mass is 596 g/mol. The van der Waals surface area contributed by atoms with Gasteiger partial charge in [-0.05, 0) is 59.7 Å². The molecule has 2 heterocycles. The Morgan fingerprint density at radius 1 is 0.614 bits per heavy atom. The van der Waals surface area contributed by atoms with E-state index in [0.29, 0.717) is 50.7 Å². The lowest BCUT2D eigenvalue weighted by Crippen LogP contribution is -2.34. The van der Waals surface area contributed by atoms with E-state index in [1.54, 1.807) is 38.5 Å². The first-order valence-electron chi connectivity index (χ1n) is 13.8. The second-order valence-electron chi connectivity index (χ2n) is 9.95. The number of ether oxygens (including phenoxy) is 2. The number of benzene rings is 2. The van der Waals surface area contributed by atoms with E-state index < -0.39 is 11.8 Å². The quantitative estimate of drug-likeness (QED) is 0.172. The van der Waals surface area contributed by atoms with E-state index in [4.69, 9.17) is 9.47 Å². The van der Waals surface area contributed by atoms with Crippen molar-refractivity contribution >= 4 is 11.8 Å². The van der Waals surface area contributed by atoms with Gasteiger partial charge in [0, 0.05) is 49.6 Å². The number of nitrogens with zero attached hydrogens (tertiary/aromatic N) is 6. The highest BCUT2D eigenvalue weighted by Gasteiger charge is 2.16. The molecular weight excluding hydrogens is 564 g/mol. The van der Waals surface area contributed by atoms with E-state index in [2.05, 4.69) is 30.1 Å². The molecule has 0 N–H and O–H groups in total. The molecule has 226 valence electrons. The summed E-state index contributed by atoms with van der Waals surface area (Å²) in [6.45, 7) is 3.00. The Labute approximate surface area is 254 Å². The number of hydrogen-bond donors (Lipinski definition) is 0. The Morgan fingerprint density at radius 3 is 1.41 bits per heavy atom. The summed E-state index contributed by atoms with van der Waals surface area (Å²) in [5, 5.41) is 4.99. The van der Waals surface area contributed by atoms with Gasteiger partial charge in [-0.25, -0.2) is 9.97 Å². The van der Waals surface area contributed by atoms with Gasteiger partial charge in [0.15, 0.2) is 0 Å². The van der Waals surface area contributed by atoms with Gasteiger partial charge in [0.1, 0.15) is 22.9 Å². The first-order valence-corrected chi connectivity index (χ1v) is 13.8. The second-order valence-corrected chi connectivity index (χ2v) is 9.95. The summed E-state index contributed by atoms with van der Waals surface area (Å²) in [6, 6.07) is 25.4. The standard InChI is InChI=1S/C32H32N6O6/c1-43-27-11-3-7-23(17-27)19-37(21-25-9-5-13-29(33-25)31(39)35-41)15-16-38(20-24-8-4-12-28(18-24)44-2)22-26-10-6-14-30(34-26)32(40)36-42/h3-14,17-18H,15-16,19-22H2,1-2H3. The maximum Gasteiger partial charge on any atom is 0.334 e. The lowest BCUT2D eigenvalue weighted by atomic mass is 10.1. The molecule has 0 atom stereocenters. The summed E-state index contributed by atoms with van der Waals surface area (Å²) in [7, 11) is 3.23. The molecule has 0 spiro atoms. The number of hydrogen-bond acceptors (Lipinski definition) is 10. The summed E-state index contributed by atoms with van der Waals surface area (Å²) >= 11 is 0. The predicted octanol–water partition coefficient (Wildman–Crippen LogP) is 5.01. The molecule has 4 rings (SSSR count). The first-order chi connectivity index (χ1) is 21.4. The zero-order chi connectivity index (χ0) is 31.3. The number of methoxy groups -OCH3 is 2. The fraction of sp³-hybridized carbons (Fsp3) is 0.250. The highest BCUT2D eigenvalue weighted by atomic mass is 16.5. The summed E-state index contributed by atoms with van der Waals surface area (Å²) in [4.78, 5) is 58.4. The fourth-order valence-electron chi connectivity index (χ4n) is 4.69. The van der Waals surface area contributed by atoms with Crippen molar-refractivity contribution in [3.05, 3.63) is 129 Å². The fourth-order valence-corrected chi connectivity index (χ4v) is 4.69. The van der Waals surface area contributed by atoms with Crippen LogP contribution in [0.3, 0.4) is 0 Å². The number of aromatic nitrogens is 2. The van der Waals surface area contributed by atoms with E-state index in [-0.39, 0.29) is 11.4 Å². The summed E-state index contributed by atoms with van der Waals surface area (Å²) in [5.41, 5.74) is 3.22. The molecule has 0 aliphatic rings. The highest BCUT2D eigenvalue weighted by molar-refractivity contribution is 5.93. The Kier molecular flexibility index (Phi) is 11.4. The third kappa shape index (κ3) is 9.15. The van der Waals surface area contributed by atoms with Crippen LogP contribution in [-0.2, 0) is 26.2 Å². The topological polar surface area (TPSA) is 144 Å². The van der Waals surface area contributed by atoms with Gasteiger partial charge in [0.05, 0.1) is 25.6 Å².